The summed E-state index contributed by atoms with van der Waals surface area (Å²) in [7, 11) is 0. The van der Waals surface area contributed by atoms with Gasteiger partial charge >= 0.3 is 0 Å². The van der Waals surface area contributed by atoms with Gasteiger partial charge in [-0.2, -0.15) is 4.57 Å². The first-order valence-electron chi connectivity index (χ1n) is 7.71. The van der Waals surface area contributed by atoms with E-state index in [2.05, 4.69) is 28.8 Å². The number of nitrogens with zero attached hydrogens (tertiary/aromatic N) is 2. The van der Waals surface area contributed by atoms with Crippen LogP contribution in [-0.2, 0) is 0 Å². The van der Waals surface area contributed by atoms with Gasteiger partial charge in [-0.15, -0.1) is 0 Å². The Kier molecular flexibility index (Phi) is 4.67. The monoisotopic (exact) mass is 393 g/mol. The molecule has 4 rings (SSSR count). The number of hydrogen-bond acceptors (Lipinski definition) is 1. The summed E-state index contributed by atoms with van der Waals surface area (Å²) in [5.74, 6) is -0.432. The summed E-state index contributed by atoms with van der Waals surface area (Å²) in [5.41, 5.74) is 10.1. The van der Waals surface area contributed by atoms with Crippen molar-refractivity contribution in [1.29, 1.82) is 0 Å². The van der Waals surface area contributed by atoms with Gasteiger partial charge in [0, 0.05) is 11.6 Å². The summed E-state index contributed by atoms with van der Waals surface area (Å²) in [6, 6.07) is 24.0. The third-order valence-electron chi connectivity index (χ3n) is 4.05. The lowest BCUT2D eigenvalue weighted by Crippen LogP contribution is -3.00. The van der Waals surface area contributed by atoms with Crippen molar-refractivity contribution in [1.82, 2.24) is 4.57 Å². The second-order valence-electron chi connectivity index (χ2n) is 5.60. The highest BCUT2D eigenvalue weighted by atomic mass is 79.9. The van der Waals surface area contributed by atoms with E-state index in [1.807, 2.05) is 53.1 Å². The average molecular weight is 394 g/mol. The Morgan fingerprint density at radius 2 is 1.48 bits per heavy atom. The van der Waals surface area contributed by atoms with Crippen LogP contribution in [0.25, 0.3) is 22.6 Å². The lowest BCUT2D eigenvalue weighted by atomic mass is 10.1. The Labute approximate surface area is 155 Å². The molecule has 0 saturated heterocycles. The molecule has 124 valence electrons. The molecule has 0 atom stereocenters. The first-order chi connectivity index (χ1) is 11.7. The van der Waals surface area contributed by atoms with Crippen LogP contribution in [0.3, 0.4) is 0 Å². The molecule has 4 nitrogen and oxygen atoms in total. The minimum Gasteiger partial charge on any atom is -1.00 e. The van der Waals surface area contributed by atoms with E-state index in [1.54, 1.807) is 12.3 Å². The first-order valence-corrected chi connectivity index (χ1v) is 7.71. The number of amides is 1. The largest absolute Gasteiger partial charge is 1.00 e. The van der Waals surface area contributed by atoms with Crippen molar-refractivity contribution in [2.24, 2.45) is 5.73 Å². The highest BCUT2D eigenvalue weighted by molar-refractivity contribution is 5.92. The molecule has 25 heavy (non-hydrogen) atoms. The molecule has 0 fully saturated rings. The van der Waals surface area contributed by atoms with E-state index in [4.69, 9.17) is 5.73 Å². The van der Waals surface area contributed by atoms with Gasteiger partial charge in [0.1, 0.15) is 18.1 Å². The zero-order valence-electron chi connectivity index (χ0n) is 13.3. The number of carbonyl (C=O) groups is 1. The van der Waals surface area contributed by atoms with Crippen LogP contribution < -0.4 is 27.1 Å². The zero-order valence-corrected chi connectivity index (χ0v) is 14.9. The van der Waals surface area contributed by atoms with Crippen LogP contribution in [0, 0.1) is 0 Å². The molecule has 1 amide bonds. The molecule has 4 aromatic rings. The van der Waals surface area contributed by atoms with Crippen LogP contribution in [0.2, 0.25) is 0 Å². The van der Waals surface area contributed by atoms with Crippen molar-refractivity contribution < 1.29 is 26.2 Å². The third-order valence-corrected chi connectivity index (χ3v) is 4.05. The van der Waals surface area contributed by atoms with Gasteiger partial charge in [-0.25, -0.2) is 4.40 Å². The van der Waals surface area contributed by atoms with E-state index in [-0.39, 0.29) is 17.0 Å². The summed E-state index contributed by atoms with van der Waals surface area (Å²) in [6.07, 6.45) is 3.79. The van der Waals surface area contributed by atoms with Gasteiger partial charge in [-0.05, 0) is 18.2 Å². The Bertz CT molecular complexity index is 1030. The number of primary amides is 1. The van der Waals surface area contributed by atoms with Crippen LogP contribution in [0.1, 0.15) is 10.4 Å². The van der Waals surface area contributed by atoms with Crippen molar-refractivity contribution in [2.45, 2.75) is 0 Å². The van der Waals surface area contributed by atoms with Crippen LogP contribution in [0.15, 0.2) is 85.2 Å². The fourth-order valence-electron chi connectivity index (χ4n) is 2.92. The predicted molar refractivity (Wildman–Crippen MR) is 92.9 cm³/mol. The second kappa shape index (κ2) is 6.91. The van der Waals surface area contributed by atoms with E-state index >= 15 is 0 Å². The fraction of sp³-hybridized carbons (Fsp3) is 0. The maximum absolute atomic E-state index is 11.5. The number of hydrogen-bond donors (Lipinski definition) is 1. The summed E-state index contributed by atoms with van der Waals surface area (Å²) < 4.78 is 4.11. The Morgan fingerprint density at radius 3 is 2.12 bits per heavy atom. The molecule has 0 aliphatic carbocycles. The number of halogens is 1. The molecule has 0 aliphatic heterocycles. The van der Waals surface area contributed by atoms with Crippen molar-refractivity contribution in [3.05, 3.63) is 90.8 Å². The van der Waals surface area contributed by atoms with Gasteiger partial charge in [0.05, 0.1) is 5.56 Å². The highest BCUT2D eigenvalue weighted by Gasteiger charge is 2.21. The molecule has 0 saturated carbocycles. The van der Waals surface area contributed by atoms with Gasteiger partial charge in [0.2, 0.25) is 0 Å². The number of fused-ring (bicyclic) bond motifs is 1. The zero-order chi connectivity index (χ0) is 16.5. The SMILES string of the molecule is NC(=O)c1ccc2n(-c3ccccc3)c(-c3ccccc3)c[n+]2c1.[Br-]. The smallest absolute Gasteiger partial charge is 0.291 e. The molecule has 0 radical (unpaired) electrons. The number of benzene rings is 2. The summed E-state index contributed by atoms with van der Waals surface area (Å²) in [6.45, 7) is 0. The maximum atomic E-state index is 11.5. The maximum Gasteiger partial charge on any atom is 0.291 e. The topological polar surface area (TPSA) is 52.1 Å². The molecular formula is C20H16BrN3O. The Morgan fingerprint density at radius 1 is 0.840 bits per heavy atom. The molecule has 0 bridgehead atoms. The summed E-state index contributed by atoms with van der Waals surface area (Å²) in [5, 5.41) is 0. The molecule has 2 aromatic heterocycles. The number of carbonyl (C=O) groups excluding carboxylic acids is 1. The van der Waals surface area contributed by atoms with Crippen molar-refractivity contribution in [2.75, 3.05) is 0 Å². The number of aromatic nitrogens is 2. The number of rotatable bonds is 3. The van der Waals surface area contributed by atoms with E-state index in [0.717, 1.165) is 22.6 Å². The van der Waals surface area contributed by atoms with Crippen LogP contribution in [0.4, 0.5) is 0 Å². The number of imidazole rings is 1. The quantitative estimate of drug-likeness (QED) is 0.489. The van der Waals surface area contributed by atoms with E-state index in [0.29, 0.717) is 5.56 Å². The Hall–Kier alpha value is -2.92. The number of nitrogens with two attached hydrogens (primary N) is 1. The van der Waals surface area contributed by atoms with Crippen LogP contribution in [-0.4, -0.2) is 10.5 Å². The molecular weight excluding hydrogens is 378 g/mol. The van der Waals surface area contributed by atoms with Gasteiger partial charge in [0.15, 0.2) is 5.69 Å². The molecule has 5 heteroatoms. The first kappa shape index (κ1) is 16.9. The Balaban J connectivity index is 0.00000182. The van der Waals surface area contributed by atoms with Gasteiger partial charge in [-0.3, -0.25) is 4.79 Å². The van der Waals surface area contributed by atoms with Gasteiger partial charge in [0.25, 0.3) is 11.6 Å². The van der Waals surface area contributed by atoms with Gasteiger partial charge < -0.3 is 22.7 Å². The number of pyridine rings is 1. The van der Waals surface area contributed by atoms with Crippen LogP contribution in [0.5, 0.6) is 0 Å². The lowest BCUT2D eigenvalue weighted by molar-refractivity contribution is -0.510. The summed E-state index contributed by atoms with van der Waals surface area (Å²) in [4.78, 5) is 11.5. The molecule has 0 unspecified atom stereocenters. The molecule has 0 aliphatic rings. The molecule has 2 N–H and O–H groups in total. The molecule has 2 heterocycles. The molecule has 2 aromatic carbocycles. The van der Waals surface area contributed by atoms with E-state index < -0.39 is 5.91 Å². The minimum atomic E-state index is -0.432. The summed E-state index contributed by atoms with van der Waals surface area (Å²) >= 11 is 0. The van der Waals surface area contributed by atoms with Gasteiger partial charge in [-0.1, -0.05) is 48.5 Å². The predicted octanol–water partition coefficient (Wildman–Crippen LogP) is -0.0141. The van der Waals surface area contributed by atoms with E-state index in [9.17, 15) is 4.79 Å². The van der Waals surface area contributed by atoms with E-state index in [1.165, 1.54) is 0 Å². The van der Waals surface area contributed by atoms with Crippen molar-refractivity contribution >= 4 is 11.6 Å². The van der Waals surface area contributed by atoms with Crippen LogP contribution >= 0.6 is 0 Å². The third kappa shape index (κ3) is 3.06. The minimum absolute atomic E-state index is 0. The molecule has 0 spiro atoms. The average Bonchev–Trinajstić information content (AvgIpc) is 3.01. The second-order valence-corrected chi connectivity index (χ2v) is 5.60. The highest BCUT2D eigenvalue weighted by Crippen LogP contribution is 2.24. The fourth-order valence-corrected chi connectivity index (χ4v) is 2.92. The standard InChI is InChI=1S/C20H15N3O.BrH/c21-20(24)16-11-12-19-22(13-16)14-18(15-7-3-1-4-8-15)23(19)17-9-5-2-6-10-17;/h1-14H,(H-,21,24);1H. The van der Waals surface area contributed by atoms with Crippen molar-refractivity contribution in [3.63, 3.8) is 0 Å². The normalized spacial score (nSPS) is 10.4. The van der Waals surface area contributed by atoms with Crippen molar-refractivity contribution in [3.8, 4) is 16.9 Å². The lowest BCUT2D eigenvalue weighted by Gasteiger charge is -2.02. The number of para-hydroxylation sites is 1.